The van der Waals surface area contributed by atoms with Gasteiger partial charge in [0, 0.05) is 6.04 Å². The fourth-order valence-corrected chi connectivity index (χ4v) is 4.01. The molecule has 0 bridgehead atoms. The standard InChI is InChI=1S/C24H25NO/c1-4-11-20(12-5-1)19-26-24(23-17-10-18-25-23,21-13-6-2-7-14-21)22-15-8-3-9-16-22/h1-9,11-16,23,25H,10,17-19H2/t23-/m0/s1. The van der Waals surface area contributed by atoms with Crippen molar-refractivity contribution in [1.29, 1.82) is 0 Å². The van der Waals surface area contributed by atoms with Gasteiger partial charge in [0.25, 0.3) is 0 Å². The number of rotatable bonds is 6. The van der Waals surface area contributed by atoms with E-state index >= 15 is 0 Å². The maximum absolute atomic E-state index is 6.81. The summed E-state index contributed by atoms with van der Waals surface area (Å²) in [5.41, 5.74) is 3.12. The van der Waals surface area contributed by atoms with Crippen molar-refractivity contribution in [2.75, 3.05) is 6.54 Å². The average molecular weight is 343 g/mol. The van der Waals surface area contributed by atoms with Crippen molar-refractivity contribution in [3.05, 3.63) is 108 Å². The normalized spacial score (nSPS) is 17.3. The maximum Gasteiger partial charge on any atom is 0.134 e. The summed E-state index contributed by atoms with van der Waals surface area (Å²) in [5.74, 6) is 0. The molecular weight excluding hydrogens is 318 g/mol. The molecular formula is C24H25NO. The molecule has 2 heteroatoms. The summed E-state index contributed by atoms with van der Waals surface area (Å²) < 4.78 is 6.81. The summed E-state index contributed by atoms with van der Waals surface area (Å²) in [6, 6.07) is 32.0. The molecule has 0 saturated carbocycles. The second-order valence-corrected chi connectivity index (χ2v) is 6.89. The molecule has 26 heavy (non-hydrogen) atoms. The molecule has 1 aliphatic rings. The van der Waals surface area contributed by atoms with Gasteiger partial charge in [0.2, 0.25) is 0 Å². The summed E-state index contributed by atoms with van der Waals surface area (Å²) in [6.07, 6.45) is 2.29. The molecule has 1 N–H and O–H groups in total. The van der Waals surface area contributed by atoms with Gasteiger partial charge in [0.1, 0.15) is 5.60 Å². The molecule has 0 spiro atoms. The van der Waals surface area contributed by atoms with E-state index in [1.807, 2.05) is 6.07 Å². The summed E-state index contributed by atoms with van der Waals surface area (Å²) in [7, 11) is 0. The highest BCUT2D eigenvalue weighted by atomic mass is 16.5. The molecule has 1 fully saturated rings. The molecule has 1 heterocycles. The highest BCUT2D eigenvalue weighted by molar-refractivity contribution is 5.39. The van der Waals surface area contributed by atoms with Crippen molar-refractivity contribution in [3.63, 3.8) is 0 Å². The number of benzene rings is 3. The van der Waals surface area contributed by atoms with Crippen molar-refractivity contribution >= 4 is 0 Å². The summed E-state index contributed by atoms with van der Waals surface area (Å²) >= 11 is 0. The molecule has 0 radical (unpaired) electrons. The van der Waals surface area contributed by atoms with Crippen LogP contribution in [-0.2, 0) is 16.9 Å². The Balaban J connectivity index is 1.80. The molecule has 3 aromatic rings. The van der Waals surface area contributed by atoms with E-state index in [0.717, 1.165) is 13.0 Å². The zero-order valence-corrected chi connectivity index (χ0v) is 15.0. The van der Waals surface area contributed by atoms with Crippen LogP contribution in [0.4, 0.5) is 0 Å². The molecule has 0 amide bonds. The van der Waals surface area contributed by atoms with Crippen LogP contribution in [0.5, 0.6) is 0 Å². The zero-order valence-electron chi connectivity index (χ0n) is 15.0. The lowest BCUT2D eigenvalue weighted by molar-refractivity contribution is -0.0533. The third kappa shape index (κ3) is 3.31. The Bertz CT molecular complexity index is 756. The van der Waals surface area contributed by atoms with Crippen LogP contribution in [0.2, 0.25) is 0 Å². The molecule has 4 rings (SSSR count). The summed E-state index contributed by atoms with van der Waals surface area (Å²) in [6.45, 7) is 1.63. The molecule has 1 atom stereocenters. The lowest BCUT2D eigenvalue weighted by Gasteiger charge is -2.40. The van der Waals surface area contributed by atoms with Gasteiger partial charge < -0.3 is 10.1 Å². The first-order valence-electron chi connectivity index (χ1n) is 9.42. The van der Waals surface area contributed by atoms with Crippen LogP contribution < -0.4 is 5.32 Å². The first kappa shape index (κ1) is 17.0. The van der Waals surface area contributed by atoms with Gasteiger partial charge in [-0.2, -0.15) is 0 Å². The van der Waals surface area contributed by atoms with Crippen molar-refractivity contribution in [3.8, 4) is 0 Å². The molecule has 3 aromatic carbocycles. The summed E-state index contributed by atoms with van der Waals surface area (Å²) in [5, 5.41) is 3.71. The lowest BCUT2D eigenvalue weighted by Crippen LogP contribution is -2.48. The predicted octanol–water partition coefficient (Wildman–Crippen LogP) is 4.90. The van der Waals surface area contributed by atoms with Gasteiger partial charge in [0.15, 0.2) is 0 Å². The Morgan fingerprint density at radius 1 is 0.769 bits per heavy atom. The van der Waals surface area contributed by atoms with E-state index in [1.165, 1.54) is 23.1 Å². The number of hydrogen-bond donors (Lipinski definition) is 1. The van der Waals surface area contributed by atoms with Crippen LogP contribution in [0.3, 0.4) is 0 Å². The quantitative estimate of drug-likeness (QED) is 0.687. The SMILES string of the molecule is c1ccc(COC(c2ccccc2)(c2ccccc2)[C@@H]2CCCN2)cc1. The molecule has 2 nitrogen and oxygen atoms in total. The average Bonchev–Trinajstić information content (AvgIpc) is 3.26. The minimum absolute atomic E-state index is 0.260. The topological polar surface area (TPSA) is 21.3 Å². The Kier molecular flexibility index (Phi) is 5.14. The van der Waals surface area contributed by atoms with Crippen LogP contribution >= 0.6 is 0 Å². The van der Waals surface area contributed by atoms with E-state index in [0.29, 0.717) is 6.61 Å². The fraction of sp³-hybridized carbons (Fsp3) is 0.250. The van der Waals surface area contributed by atoms with Crippen molar-refractivity contribution in [1.82, 2.24) is 5.32 Å². The van der Waals surface area contributed by atoms with Gasteiger partial charge in [0.05, 0.1) is 6.61 Å². The van der Waals surface area contributed by atoms with E-state index < -0.39 is 5.60 Å². The predicted molar refractivity (Wildman–Crippen MR) is 106 cm³/mol. The number of nitrogens with one attached hydrogen (secondary N) is 1. The van der Waals surface area contributed by atoms with Gasteiger partial charge in [-0.05, 0) is 36.1 Å². The lowest BCUT2D eigenvalue weighted by atomic mass is 9.79. The van der Waals surface area contributed by atoms with Gasteiger partial charge >= 0.3 is 0 Å². The van der Waals surface area contributed by atoms with Crippen molar-refractivity contribution < 1.29 is 4.74 Å². The third-order valence-electron chi connectivity index (χ3n) is 5.27. The molecule has 1 aliphatic heterocycles. The Labute approximate surface area is 155 Å². The monoisotopic (exact) mass is 343 g/mol. The molecule has 132 valence electrons. The number of hydrogen-bond acceptors (Lipinski definition) is 2. The fourth-order valence-electron chi connectivity index (χ4n) is 4.01. The van der Waals surface area contributed by atoms with Gasteiger partial charge in [-0.25, -0.2) is 0 Å². The van der Waals surface area contributed by atoms with E-state index in [9.17, 15) is 0 Å². The highest BCUT2D eigenvalue weighted by Gasteiger charge is 2.44. The minimum atomic E-state index is -0.491. The van der Waals surface area contributed by atoms with Crippen molar-refractivity contribution in [2.45, 2.75) is 31.1 Å². The smallest absolute Gasteiger partial charge is 0.134 e. The second kappa shape index (κ2) is 7.86. The Morgan fingerprint density at radius 2 is 1.31 bits per heavy atom. The van der Waals surface area contributed by atoms with E-state index in [2.05, 4.69) is 90.2 Å². The largest absolute Gasteiger partial charge is 0.359 e. The summed E-state index contributed by atoms with van der Waals surface area (Å²) in [4.78, 5) is 0. The van der Waals surface area contributed by atoms with Crippen molar-refractivity contribution in [2.24, 2.45) is 0 Å². The van der Waals surface area contributed by atoms with Gasteiger partial charge in [-0.3, -0.25) is 0 Å². The van der Waals surface area contributed by atoms with Crippen LogP contribution in [0.15, 0.2) is 91.0 Å². The van der Waals surface area contributed by atoms with E-state index in [1.54, 1.807) is 0 Å². The zero-order chi connectivity index (χ0) is 17.7. The van der Waals surface area contributed by atoms with E-state index in [4.69, 9.17) is 4.74 Å². The van der Waals surface area contributed by atoms with Crippen LogP contribution in [-0.4, -0.2) is 12.6 Å². The minimum Gasteiger partial charge on any atom is -0.359 e. The second-order valence-electron chi connectivity index (χ2n) is 6.89. The molecule has 0 unspecified atom stereocenters. The third-order valence-corrected chi connectivity index (χ3v) is 5.27. The number of ether oxygens (including phenoxy) is 1. The van der Waals surface area contributed by atoms with Crippen LogP contribution in [0.25, 0.3) is 0 Å². The molecule has 0 aliphatic carbocycles. The van der Waals surface area contributed by atoms with Gasteiger partial charge in [-0.1, -0.05) is 91.0 Å². The molecule has 0 aromatic heterocycles. The van der Waals surface area contributed by atoms with Gasteiger partial charge in [-0.15, -0.1) is 0 Å². The maximum atomic E-state index is 6.81. The first-order valence-corrected chi connectivity index (χ1v) is 9.42. The van der Waals surface area contributed by atoms with Crippen LogP contribution in [0.1, 0.15) is 29.5 Å². The first-order chi connectivity index (χ1) is 12.9. The highest BCUT2D eigenvalue weighted by Crippen LogP contribution is 2.40. The Hall–Kier alpha value is -2.42. The molecule has 1 saturated heterocycles. The van der Waals surface area contributed by atoms with E-state index in [-0.39, 0.29) is 6.04 Å². The Morgan fingerprint density at radius 3 is 1.81 bits per heavy atom. The van der Waals surface area contributed by atoms with Crippen LogP contribution in [0, 0.1) is 0 Å².